The zero-order valence-electron chi connectivity index (χ0n) is 23.5. The average molecular weight is 515 g/mol. The van der Waals surface area contributed by atoms with E-state index in [0.717, 1.165) is 87.7 Å². The van der Waals surface area contributed by atoms with Gasteiger partial charge >= 0.3 is 0 Å². The van der Waals surface area contributed by atoms with Gasteiger partial charge in [0.05, 0.1) is 37.2 Å². The Kier molecular flexibility index (Phi) is 5.92. The van der Waals surface area contributed by atoms with E-state index >= 15 is 0 Å². The van der Waals surface area contributed by atoms with Crippen LogP contribution in [0.2, 0.25) is 0 Å². The van der Waals surface area contributed by atoms with Gasteiger partial charge in [-0.05, 0) is 110 Å². The van der Waals surface area contributed by atoms with Crippen LogP contribution in [0.25, 0.3) is 0 Å². The zero-order valence-corrected chi connectivity index (χ0v) is 23.5. The minimum atomic E-state index is -0.603. The Morgan fingerprint density at radius 2 is 1.63 bits per heavy atom. The van der Waals surface area contributed by atoms with Crippen LogP contribution in [-0.4, -0.2) is 20.5 Å². The van der Waals surface area contributed by atoms with Crippen LogP contribution in [0.4, 0.5) is 0 Å². The largest absolute Gasteiger partial charge is 0.497 e. The number of hydrogen-bond donors (Lipinski definition) is 0. The van der Waals surface area contributed by atoms with Crippen LogP contribution in [0.3, 0.4) is 0 Å². The van der Waals surface area contributed by atoms with E-state index in [1.807, 2.05) is 6.07 Å². The van der Waals surface area contributed by atoms with Crippen LogP contribution < -0.4 is 9.47 Å². The first-order chi connectivity index (χ1) is 18.3. The summed E-state index contributed by atoms with van der Waals surface area (Å²) in [5.41, 5.74) is 1.26. The Bertz CT molecular complexity index is 1210. The number of carbonyl (C=O) groups is 1. The van der Waals surface area contributed by atoms with Gasteiger partial charge in [-0.15, -0.1) is 0 Å². The summed E-state index contributed by atoms with van der Waals surface area (Å²) in [6, 6.07) is 9.92. The lowest BCUT2D eigenvalue weighted by Gasteiger charge is -2.69. The van der Waals surface area contributed by atoms with E-state index in [4.69, 9.17) is 9.47 Å². The number of rotatable bonds is 3. The summed E-state index contributed by atoms with van der Waals surface area (Å²) >= 11 is 0. The molecule has 5 nitrogen and oxygen atoms in total. The van der Waals surface area contributed by atoms with E-state index in [1.54, 1.807) is 14.2 Å². The van der Waals surface area contributed by atoms with Crippen LogP contribution in [0.1, 0.15) is 89.2 Å². The Morgan fingerprint density at radius 3 is 2.32 bits per heavy atom. The van der Waals surface area contributed by atoms with Gasteiger partial charge in [0.25, 0.3) is 0 Å². The molecular formula is C33H42N2O3. The number of hydrogen-bond acceptors (Lipinski definition) is 5. The summed E-state index contributed by atoms with van der Waals surface area (Å²) < 4.78 is 11.5. The van der Waals surface area contributed by atoms with Gasteiger partial charge in [0.15, 0.2) is 0 Å². The molecule has 0 saturated heterocycles. The van der Waals surface area contributed by atoms with E-state index in [2.05, 4.69) is 32.1 Å². The molecule has 0 heterocycles. The fourth-order valence-electron chi connectivity index (χ4n) is 11.4. The van der Waals surface area contributed by atoms with Gasteiger partial charge in [0, 0.05) is 17.5 Å². The molecule has 0 aliphatic heterocycles. The molecule has 0 spiro atoms. The molecule has 0 N–H and O–H groups in total. The van der Waals surface area contributed by atoms with Crippen molar-refractivity contribution in [1.82, 2.24) is 0 Å². The SMILES string of the molecule is COc1cc2c(c(OC)c1)[C@@]1(C#N)CC[C@H]3[C@@](C)(CC[C@H]4[C@]5(C)CCC[C@H](C=O)[C@H]5CC[C@@]43C#N)[C@@H]1CC2. The molecule has 0 aromatic heterocycles. The molecule has 202 valence electrons. The highest BCUT2D eigenvalue weighted by atomic mass is 16.5. The third-order valence-electron chi connectivity index (χ3n) is 12.9. The third kappa shape index (κ3) is 3.06. The summed E-state index contributed by atoms with van der Waals surface area (Å²) in [5, 5.41) is 22.0. The predicted molar refractivity (Wildman–Crippen MR) is 144 cm³/mol. The predicted octanol–water partition coefficient (Wildman–Crippen LogP) is 6.78. The Labute approximate surface area is 227 Å². The normalized spacial score (nSPS) is 44.9. The first-order valence-electron chi connectivity index (χ1n) is 14.8. The van der Waals surface area contributed by atoms with Gasteiger partial charge in [-0.3, -0.25) is 0 Å². The smallest absolute Gasteiger partial charge is 0.127 e. The van der Waals surface area contributed by atoms with Gasteiger partial charge in [-0.25, -0.2) is 0 Å². The first-order valence-corrected chi connectivity index (χ1v) is 14.8. The molecule has 38 heavy (non-hydrogen) atoms. The maximum absolute atomic E-state index is 12.1. The van der Waals surface area contributed by atoms with E-state index in [1.165, 1.54) is 11.8 Å². The molecule has 9 atom stereocenters. The monoisotopic (exact) mass is 514 g/mol. The number of ether oxygens (including phenoxy) is 2. The van der Waals surface area contributed by atoms with E-state index in [-0.39, 0.29) is 34.0 Å². The quantitative estimate of drug-likeness (QED) is 0.415. The molecular weight excluding hydrogens is 472 g/mol. The molecule has 4 fully saturated rings. The Morgan fingerprint density at radius 1 is 0.868 bits per heavy atom. The zero-order chi connectivity index (χ0) is 26.9. The molecule has 0 amide bonds. The molecule has 1 aromatic carbocycles. The highest BCUT2D eigenvalue weighted by Gasteiger charge is 2.70. The van der Waals surface area contributed by atoms with Crippen LogP contribution >= 0.6 is 0 Å². The number of aryl methyl sites for hydroxylation is 1. The number of carbonyl (C=O) groups excluding carboxylic acids is 1. The molecule has 5 heteroatoms. The van der Waals surface area contributed by atoms with Crippen molar-refractivity contribution in [2.45, 2.75) is 89.9 Å². The molecule has 6 rings (SSSR count). The maximum atomic E-state index is 12.1. The van der Waals surface area contributed by atoms with Crippen molar-refractivity contribution < 1.29 is 14.3 Å². The number of nitriles is 2. The molecule has 4 saturated carbocycles. The number of benzene rings is 1. The van der Waals surface area contributed by atoms with Crippen molar-refractivity contribution in [3.05, 3.63) is 23.3 Å². The number of fused-ring (bicyclic) bond motifs is 9. The lowest BCUT2D eigenvalue weighted by atomic mass is 9.33. The standard InChI is InChI=1S/C33H42N2O3/c1-30-12-5-6-22(18-36)24(30)9-14-32(19-34)27(30)10-13-31(2)26-8-7-21-16-23(37-3)17-25(38-4)29(21)33(26,20-35)15-11-28(31)32/h16-18,22,24,26-28H,5-15H2,1-4H3/t22-,24-,26+,27+,28+,30-,31+,32-,33-/m1/s1. The van der Waals surface area contributed by atoms with Gasteiger partial charge < -0.3 is 14.3 Å². The van der Waals surface area contributed by atoms with Crippen LogP contribution in [-0.2, 0) is 16.6 Å². The average Bonchev–Trinajstić information content (AvgIpc) is 2.94. The van der Waals surface area contributed by atoms with Crippen molar-refractivity contribution in [1.29, 1.82) is 10.5 Å². The van der Waals surface area contributed by atoms with Gasteiger partial charge in [0.2, 0.25) is 0 Å². The molecule has 5 aliphatic rings. The second-order valence-electron chi connectivity index (χ2n) is 13.7. The fraction of sp³-hybridized carbons (Fsp3) is 0.727. The summed E-state index contributed by atoms with van der Waals surface area (Å²) in [4.78, 5) is 12.1. The van der Waals surface area contributed by atoms with Gasteiger partial charge in [0.1, 0.15) is 17.8 Å². The van der Waals surface area contributed by atoms with Crippen LogP contribution in [0.5, 0.6) is 11.5 Å². The first kappa shape index (κ1) is 25.7. The minimum absolute atomic E-state index is 0.0574. The van der Waals surface area contributed by atoms with Gasteiger partial charge in [-0.2, -0.15) is 10.5 Å². The van der Waals surface area contributed by atoms with E-state index in [0.29, 0.717) is 11.8 Å². The minimum Gasteiger partial charge on any atom is -0.497 e. The fourth-order valence-corrected chi connectivity index (χ4v) is 11.4. The highest BCUT2D eigenvalue weighted by Crippen LogP contribution is 2.74. The lowest BCUT2D eigenvalue weighted by Crippen LogP contribution is -2.65. The Hall–Kier alpha value is -2.53. The van der Waals surface area contributed by atoms with Crippen molar-refractivity contribution in [2.24, 2.45) is 45.8 Å². The second-order valence-corrected chi connectivity index (χ2v) is 13.7. The molecule has 0 unspecified atom stereocenters. The van der Waals surface area contributed by atoms with Crippen LogP contribution in [0, 0.1) is 68.5 Å². The number of aldehydes is 1. The summed E-state index contributed by atoms with van der Waals surface area (Å²) in [5.74, 6) is 2.92. The summed E-state index contributed by atoms with van der Waals surface area (Å²) in [6.07, 6.45) is 12.0. The Balaban J connectivity index is 1.44. The maximum Gasteiger partial charge on any atom is 0.127 e. The van der Waals surface area contributed by atoms with Crippen LogP contribution in [0.15, 0.2) is 12.1 Å². The number of nitrogens with zero attached hydrogens (tertiary/aromatic N) is 2. The molecule has 0 bridgehead atoms. The van der Waals surface area contributed by atoms with Gasteiger partial charge in [-0.1, -0.05) is 20.3 Å². The van der Waals surface area contributed by atoms with Crippen molar-refractivity contribution in [2.75, 3.05) is 14.2 Å². The molecule has 1 aromatic rings. The second kappa shape index (κ2) is 8.74. The summed E-state index contributed by atoms with van der Waals surface area (Å²) in [7, 11) is 3.38. The van der Waals surface area contributed by atoms with Crippen molar-refractivity contribution in [3.8, 4) is 23.6 Å². The summed E-state index contributed by atoms with van der Waals surface area (Å²) in [6.45, 7) is 4.84. The topological polar surface area (TPSA) is 83.1 Å². The molecule has 5 aliphatic carbocycles. The lowest BCUT2D eigenvalue weighted by molar-refractivity contribution is -0.191. The van der Waals surface area contributed by atoms with E-state index < -0.39 is 5.41 Å². The third-order valence-corrected chi connectivity index (χ3v) is 12.9. The number of methoxy groups -OCH3 is 2. The highest BCUT2D eigenvalue weighted by molar-refractivity contribution is 5.57. The van der Waals surface area contributed by atoms with Crippen molar-refractivity contribution in [3.63, 3.8) is 0 Å². The van der Waals surface area contributed by atoms with E-state index in [9.17, 15) is 15.3 Å². The van der Waals surface area contributed by atoms with Crippen molar-refractivity contribution >= 4 is 6.29 Å². The molecule has 0 radical (unpaired) electrons.